The van der Waals surface area contributed by atoms with E-state index in [2.05, 4.69) is 0 Å². The largest absolute Gasteiger partial charge is 0.463 e. The first kappa shape index (κ1) is 16.9. The van der Waals surface area contributed by atoms with E-state index in [9.17, 15) is 4.79 Å². The summed E-state index contributed by atoms with van der Waals surface area (Å²) >= 11 is 0. The van der Waals surface area contributed by atoms with Gasteiger partial charge in [0.15, 0.2) is 0 Å². The van der Waals surface area contributed by atoms with Gasteiger partial charge in [-0.1, -0.05) is 0 Å². The maximum absolute atomic E-state index is 12.4. The zero-order valence-electron chi connectivity index (χ0n) is 14.4. The van der Waals surface area contributed by atoms with Gasteiger partial charge in [0.05, 0.1) is 25.9 Å². The molecule has 2 fully saturated rings. The van der Waals surface area contributed by atoms with Crippen LogP contribution in [0.2, 0.25) is 0 Å². The van der Waals surface area contributed by atoms with Gasteiger partial charge < -0.3 is 18.9 Å². The molecule has 2 bridgehead atoms. The molecule has 0 amide bonds. The molecular formula is C18H28O5. The summed E-state index contributed by atoms with van der Waals surface area (Å²) in [6, 6.07) is 0. The van der Waals surface area contributed by atoms with Crippen molar-refractivity contribution in [1.29, 1.82) is 0 Å². The number of fused-ring (bicyclic) bond motifs is 5. The Morgan fingerprint density at radius 1 is 1.22 bits per heavy atom. The lowest BCUT2D eigenvalue weighted by molar-refractivity contribution is -0.141. The van der Waals surface area contributed by atoms with Gasteiger partial charge in [-0.2, -0.15) is 0 Å². The third-order valence-electron chi connectivity index (χ3n) is 5.69. The number of carbonyl (C=O) groups excluding carboxylic acids is 1. The quantitative estimate of drug-likeness (QED) is 0.371. The highest BCUT2D eigenvalue weighted by Gasteiger charge is 2.59. The van der Waals surface area contributed by atoms with Gasteiger partial charge in [0, 0.05) is 18.6 Å². The molecule has 0 unspecified atom stereocenters. The maximum Gasteiger partial charge on any atom is 0.334 e. The Labute approximate surface area is 138 Å². The van der Waals surface area contributed by atoms with E-state index >= 15 is 0 Å². The van der Waals surface area contributed by atoms with Crippen LogP contribution in [0.5, 0.6) is 0 Å². The highest BCUT2D eigenvalue weighted by atomic mass is 16.7. The van der Waals surface area contributed by atoms with Crippen LogP contribution in [0.15, 0.2) is 11.1 Å². The van der Waals surface area contributed by atoms with Gasteiger partial charge in [-0.25, -0.2) is 4.79 Å². The van der Waals surface area contributed by atoms with Crippen LogP contribution in [0.1, 0.15) is 33.1 Å². The normalized spacial score (nSPS) is 32.7. The Morgan fingerprint density at radius 3 is 2.65 bits per heavy atom. The van der Waals surface area contributed by atoms with Crippen molar-refractivity contribution < 1.29 is 23.7 Å². The highest BCUT2D eigenvalue weighted by molar-refractivity contribution is 5.93. The van der Waals surface area contributed by atoms with Gasteiger partial charge in [0.2, 0.25) is 0 Å². The Kier molecular flexibility index (Phi) is 5.39. The molecule has 23 heavy (non-hydrogen) atoms. The first-order valence-electron chi connectivity index (χ1n) is 8.78. The molecule has 3 rings (SSSR count). The number of esters is 1. The third-order valence-corrected chi connectivity index (χ3v) is 5.69. The first-order chi connectivity index (χ1) is 11.2. The molecule has 0 aromatic heterocycles. The second-order valence-corrected chi connectivity index (χ2v) is 6.80. The van der Waals surface area contributed by atoms with Crippen LogP contribution in [0, 0.1) is 23.7 Å². The van der Waals surface area contributed by atoms with E-state index in [0.29, 0.717) is 37.6 Å². The average molecular weight is 324 g/mol. The molecule has 130 valence electrons. The standard InChI is InChI=1S/C18H28O5/c1-4-22-18(19)17-14(11(2)23-10-21-8-7-20-3)15-12-5-6-13(9-12)16(15)17/h11-13,15-16H,4-10H2,1-3H3/t11-,12+,13-,15+,16+/m0/s1. The van der Waals surface area contributed by atoms with Crippen molar-refractivity contribution in [2.75, 3.05) is 33.7 Å². The van der Waals surface area contributed by atoms with E-state index in [1.54, 1.807) is 7.11 Å². The number of hydrogen-bond acceptors (Lipinski definition) is 5. The molecule has 3 aliphatic rings. The van der Waals surface area contributed by atoms with Crippen LogP contribution >= 0.6 is 0 Å². The van der Waals surface area contributed by atoms with Crippen LogP contribution in [0.4, 0.5) is 0 Å². The zero-order valence-corrected chi connectivity index (χ0v) is 14.4. The smallest absolute Gasteiger partial charge is 0.334 e. The van der Waals surface area contributed by atoms with E-state index in [-0.39, 0.29) is 18.9 Å². The minimum Gasteiger partial charge on any atom is -0.463 e. The maximum atomic E-state index is 12.4. The van der Waals surface area contributed by atoms with Crippen molar-refractivity contribution in [3.8, 4) is 0 Å². The SMILES string of the molecule is CCOC(=O)C1=C([C@H](C)OCOCCOC)[C@H]2[C@@H]3CC[C@@H](C3)[C@@H]12. The molecule has 0 aromatic carbocycles. The lowest BCUT2D eigenvalue weighted by Crippen LogP contribution is -2.43. The summed E-state index contributed by atoms with van der Waals surface area (Å²) < 4.78 is 21.5. The zero-order chi connectivity index (χ0) is 16.4. The van der Waals surface area contributed by atoms with Crippen LogP contribution in [-0.2, 0) is 23.7 Å². The molecule has 0 radical (unpaired) electrons. The van der Waals surface area contributed by atoms with Crippen LogP contribution in [0.25, 0.3) is 0 Å². The molecular weight excluding hydrogens is 296 g/mol. The van der Waals surface area contributed by atoms with Gasteiger partial charge in [-0.15, -0.1) is 0 Å². The minimum absolute atomic E-state index is 0.0856. The summed E-state index contributed by atoms with van der Waals surface area (Å²) in [6.45, 7) is 5.62. The predicted molar refractivity (Wildman–Crippen MR) is 84.7 cm³/mol. The topological polar surface area (TPSA) is 54.0 Å². The molecule has 0 aromatic rings. The van der Waals surface area contributed by atoms with Crippen molar-refractivity contribution in [3.63, 3.8) is 0 Å². The third kappa shape index (κ3) is 3.06. The van der Waals surface area contributed by atoms with Gasteiger partial charge in [-0.3, -0.25) is 0 Å². The Morgan fingerprint density at radius 2 is 1.96 bits per heavy atom. The van der Waals surface area contributed by atoms with Crippen LogP contribution in [-0.4, -0.2) is 45.8 Å². The van der Waals surface area contributed by atoms with E-state index in [0.717, 1.165) is 11.5 Å². The number of rotatable bonds is 9. The summed E-state index contributed by atoms with van der Waals surface area (Å²) in [4.78, 5) is 12.4. The van der Waals surface area contributed by atoms with Crippen LogP contribution < -0.4 is 0 Å². The van der Waals surface area contributed by atoms with Crippen LogP contribution in [0.3, 0.4) is 0 Å². The summed E-state index contributed by atoms with van der Waals surface area (Å²) in [6.07, 6.45) is 3.73. The fourth-order valence-corrected chi connectivity index (χ4v) is 4.82. The molecule has 5 atom stereocenters. The molecule has 0 aliphatic heterocycles. The van der Waals surface area contributed by atoms with E-state index in [1.807, 2.05) is 13.8 Å². The van der Waals surface area contributed by atoms with E-state index < -0.39 is 0 Å². The molecule has 3 aliphatic carbocycles. The van der Waals surface area contributed by atoms with Gasteiger partial charge >= 0.3 is 5.97 Å². The lowest BCUT2D eigenvalue weighted by atomic mass is 9.60. The summed E-state index contributed by atoms with van der Waals surface area (Å²) in [7, 11) is 1.65. The Balaban J connectivity index is 1.66. The van der Waals surface area contributed by atoms with Crippen molar-refractivity contribution in [2.24, 2.45) is 23.7 Å². The summed E-state index contributed by atoms with van der Waals surface area (Å²) in [5.41, 5.74) is 2.09. The first-order valence-corrected chi connectivity index (χ1v) is 8.78. The number of carbonyl (C=O) groups is 1. The van der Waals surface area contributed by atoms with Crippen molar-refractivity contribution >= 4 is 5.97 Å². The van der Waals surface area contributed by atoms with Gasteiger partial charge in [0.1, 0.15) is 6.79 Å². The van der Waals surface area contributed by atoms with E-state index in [4.69, 9.17) is 18.9 Å². The van der Waals surface area contributed by atoms with Gasteiger partial charge in [0.25, 0.3) is 0 Å². The van der Waals surface area contributed by atoms with E-state index in [1.165, 1.54) is 24.8 Å². The Bertz CT molecular complexity index is 472. The lowest BCUT2D eigenvalue weighted by Gasteiger charge is -2.45. The van der Waals surface area contributed by atoms with Crippen molar-refractivity contribution in [2.45, 2.75) is 39.2 Å². The second-order valence-electron chi connectivity index (χ2n) is 6.80. The molecule has 0 saturated heterocycles. The predicted octanol–water partition coefficient (Wildman–Crippen LogP) is 2.55. The fraction of sp³-hybridized carbons (Fsp3) is 0.833. The fourth-order valence-electron chi connectivity index (χ4n) is 4.82. The van der Waals surface area contributed by atoms with Crippen molar-refractivity contribution in [1.82, 2.24) is 0 Å². The number of hydrogen-bond donors (Lipinski definition) is 0. The number of methoxy groups -OCH3 is 1. The molecule has 2 saturated carbocycles. The van der Waals surface area contributed by atoms with Crippen molar-refractivity contribution in [3.05, 3.63) is 11.1 Å². The molecule has 5 heteroatoms. The Hall–Kier alpha value is -0.910. The molecule has 5 nitrogen and oxygen atoms in total. The monoisotopic (exact) mass is 324 g/mol. The molecule has 0 N–H and O–H groups in total. The minimum atomic E-state index is -0.132. The highest BCUT2D eigenvalue weighted by Crippen LogP contribution is 2.64. The second kappa shape index (κ2) is 7.32. The summed E-state index contributed by atoms with van der Waals surface area (Å²) in [5.74, 6) is 2.23. The number of ether oxygens (including phenoxy) is 4. The molecule has 0 heterocycles. The summed E-state index contributed by atoms with van der Waals surface area (Å²) in [5, 5.41) is 0. The average Bonchev–Trinajstić information content (AvgIpc) is 3.05. The molecule has 0 spiro atoms. The van der Waals surface area contributed by atoms with Gasteiger partial charge in [-0.05, 0) is 56.4 Å².